The SMILES string of the molecule is CCOC(=O)/C=C/N1C=Cc2ccccc2C1P(=O)(Oc1ccccc1)Oc1ccccc1. The lowest BCUT2D eigenvalue weighted by atomic mass is 10.0. The molecule has 3 aromatic carbocycles. The minimum absolute atomic E-state index is 0.262. The Morgan fingerprint density at radius 2 is 1.48 bits per heavy atom. The van der Waals surface area contributed by atoms with Gasteiger partial charge in [-0.2, -0.15) is 0 Å². The summed E-state index contributed by atoms with van der Waals surface area (Å²) < 4.78 is 31.8. The summed E-state index contributed by atoms with van der Waals surface area (Å²) in [6, 6.07) is 25.4. The lowest BCUT2D eigenvalue weighted by Gasteiger charge is -2.36. The first-order valence-corrected chi connectivity index (χ1v) is 12.2. The van der Waals surface area contributed by atoms with Crippen LogP contribution in [-0.4, -0.2) is 17.5 Å². The van der Waals surface area contributed by atoms with Gasteiger partial charge in [-0.15, -0.1) is 0 Å². The Morgan fingerprint density at radius 3 is 2.09 bits per heavy atom. The topological polar surface area (TPSA) is 65.1 Å². The van der Waals surface area contributed by atoms with Gasteiger partial charge in [0.2, 0.25) is 0 Å². The van der Waals surface area contributed by atoms with Crippen molar-refractivity contribution in [2.24, 2.45) is 0 Å². The maximum absolute atomic E-state index is 14.6. The van der Waals surface area contributed by atoms with Crippen molar-refractivity contribution in [1.82, 2.24) is 4.90 Å². The maximum atomic E-state index is 14.6. The van der Waals surface area contributed by atoms with Gasteiger partial charge in [0.1, 0.15) is 11.5 Å². The molecule has 1 heterocycles. The molecule has 0 aliphatic carbocycles. The highest BCUT2D eigenvalue weighted by Crippen LogP contribution is 2.63. The molecule has 0 fully saturated rings. The number of carbonyl (C=O) groups excluding carboxylic acids is 1. The number of carbonyl (C=O) groups is 1. The van der Waals surface area contributed by atoms with Crippen LogP contribution in [0.5, 0.6) is 11.5 Å². The molecule has 0 aromatic heterocycles. The molecule has 168 valence electrons. The zero-order chi connectivity index (χ0) is 23.1. The summed E-state index contributed by atoms with van der Waals surface area (Å²) in [6.07, 6.45) is 6.46. The Kier molecular flexibility index (Phi) is 6.96. The molecule has 3 aromatic rings. The summed E-state index contributed by atoms with van der Waals surface area (Å²) in [5.74, 6) is -0.507. The Morgan fingerprint density at radius 1 is 0.909 bits per heavy atom. The van der Waals surface area contributed by atoms with Gasteiger partial charge in [0.05, 0.1) is 6.61 Å². The van der Waals surface area contributed by atoms with Gasteiger partial charge in [-0.25, -0.2) is 9.36 Å². The molecule has 0 N–H and O–H groups in total. The van der Waals surface area contributed by atoms with Gasteiger partial charge in [-0.3, -0.25) is 0 Å². The first kappa shape index (κ1) is 22.4. The molecule has 1 unspecified atom stereocenters. The molecule has 0 radical (unpaired) electrons. The molecule has 0 saturated carbocycles. The van der Waals surface area contributed by atoms with Gasteiger partial charge in [-0.05, 0) is 48.4 Å². The van der Waals surface area contributed by atoms with E-state index in [-0.39, 0.29) is 6.61 Å². The van der Waals surface area contributed by atoms with Gasteiger partial charge in [-0.1, -0.05) is 60.7 Å². The van der Waals surface area contributed by atoms with E-state index < -0.39 is 19.3 Å². The number of para-hydroxylation sites is 2. The van der Waals surface area contributed by atoms with Gasteiger partial charge in [0, 0.05) is 18.5 Å². The number of benzene rings is 3. The van der Waals surface area contributed by atoms with Crippen LogP contribution in [0.1, 0.15) is 23.8 Å². The van der Waals surface area contributed by atoms with E-state index in [2.05, 4.69) is 0 Å². The Bertz CT molecular complexity index is 1150. The Labute approximate surface area is 193 Å². The van der Waals surface area contributed by atoms with Crippen LogP contribution in [0.2, 0.25) is 0 Å². The second kappa shape index (κ2) is 10.2. The van der Waals surface area contributed by atoms with Crippen molar-refractivity contribution in [3.8, 4) is 11.5 Å². The van der Waals surface area contributed by atoms with E-state index in [1.165, 1.54) is 12.3 Å². The second-order valence-electron chi connectivity index (χ2n) is 7.18. The van der Waals surface area contributed by atoms with E-state index in [9.17, 15) is 9.36 Å². The summed E-state index contributed by atoms with van der Waals surface area (Å²) in [6.45, 7) is 2.00. The Hall–Kier alpha value is -3.76. The molecule has 1 aliphatic rings. The number of rotatable bonds is 8. The lowest BCUT2D eigenvalue weighted by molar-refractivity contribution is -0.137. The number of hydrogen-bond acceptors (Lipinski definition) is 6. The average Bonchev–Trinajstić information content (AvgIpc) is 2.83. The first-order chi connectivity index (χ1) is 16.1. The van der Waals surface area contributed by atoms with Crippen molar-refractivity contribution in [1.29, 1.82) is 0 Å². The summed E-state index contributed by atoms with van der Waals surface area (Å²) in [5.41, 5.74) is 1.64. The first-order valence-electron chi connectivity index (χ1n) is 10.6. The normalized spacial score (nSPS) is 15.2. The van der Waals surface area contributed by atoms with E-state index in [4.69, 9.17) is 13.8 Å². The van der Waals surface area contributed by atoms with Crippen molar-refractivity contribution < 1.29 is 23.1 Å². The van der Waals surface area contributed by atoms with Crippen molar-refractivity contribution in [3.05, 3.63) is 115 Å². The fourth-order valence-electron chi connectivity index (χ4n) is 3.48. The predicted molar refractivity (Wildman–Crippen MR) is 128 cm³/mol. The third-order valence-electron chi connectivity index (χ3n) is 4.90. The minimum atomic E-state index is -3.93. The molecule has 0 saturated heterocycles. The van der Waals surface area contributed by atoms with Crippen molar-refractivity contribution >= 4 is 19.6 Å². The average molecular weight is 461 g/mol. The number of esters is 1. The van der Waals surface area contributed by atoms with E-state index in [0.29, 0.717) is 11.5 Å². The summed E-state index contributed by atoms with van der Waals surface area (Å²) in [5, 5.41) is 0. The molecule has 0 spiro atoms. The van der Waals surface area contributed by atoms with E-state index in [1.54, 1.807) is 66.6 Å². The maximum Gasteiger partial charge on any atom is 0.458 e. The highest BCUT2D eigenvalue weighted by atomic mass is 31.2. The van der Waals surface area contributed by atoms with E-state index in [1.807, 2.05) is 42.5 Å². The molecular formula is C26H24NO5P. The number of nitrogens with zero attached hydrogens (tertiary/aromatic N) is 1. The van der Waals surface area contributed by atoms with Gasteiger partial charge in [0.15, 0.2) is 5.78 Å². The third-order valence-corrected chi connectivity index (χ3v) is 6.98. The largest absolute Gasteiger partial charge is 0.463 e. The molecule has 7 heteroatoms. The van der Waals surface area contributed by atoms with Gasteiger partial charge in [0.25, 0.3) is 0 Å². The smallest absolute Gasteiger partial charge is 0.458 e. The van der Waals surface area contributed by atoms with Crippen molar-refractivity contribution in [3.63, 3.8) is 0 Å². The zero-order valence-corrected chi connectivity index (χ0v) is 19.0. The fraction of sp³-hybridized carbons (Fsp3) is 0.115. The van der Waals surface area contributed by atoms with Crippen LogP contribution in [0.15, 0.2) is 103 Å². The molecule has 0 bridgehead atoms. The molecule has 1 atom stereocenters. The zero-order valence-electron chi connectivity index (χ0n) is 18.1. The van der Waals surface area contributed by atoms with Crippen LogP contribution < -0.4 is 9.05 Å². The van der Waals surface area contributed by atoms with Gasteiger partial charge < -0.3 is 18.7 Å². The molecule has 0 amide bonds. The van der Waals surface area contributed by atoms with Crippen LogP contribution in [-0.2, 0) is 14.1 Å². The summed E-state index contributed by atoms with van der Waals surface area (Å²) >= 11 is 0. The molecule has 4 rings (SSSR count). The highest BCUT2D eigenvalue weighted by molar-refractivity contribution is 7.55. The molecular weight excluding hydrogens is 437 g/mol. The number of ether oxygens (including phenoxy) is 1. The van der Waals surface area contributed by atoms with Crippen LogP contribution in [0.3, 0.4) is 0 Å². The van der Waals surface area contributed by atoms with E-state index in [0.717, 1.165) is 11.1 Å². The third kappa shape index (κ3) is 5.36. The minimum Gasteiger partial charge on any atom is -0.463 e. The quantitative estimate of drug-likeness (QED) is 0.220. The molecule has 1 aliphatic heterocycles. The number of hydrogen-bond donors (Lipinski definition) is 0. The fourth-order valence-corrected chi connectivity index (χ4v) is 5.61. The summed E-state index contributed by atoms with van der Waals surface area (Å²) in [7, 11) is -3.93. The van der Waals surface area contributed by atoms with Gasteiger partial charge >= 0.3 is 13.6 Å². The van der Waals surface area contributed by atoms with Crippen molar-refractivity contribution in [2.75, 3.05) is 6.61 Å². The van der Waals surface area contributed by atoms with Crippen LogP contribution in [0, 0.1) is 0 Å². The van der Waals surface area contributed by atoms with Crippen LogP contribution >= 0.6 is 7.60 Å². The predicted octanol–water partition coefficient (Wildman–Crippen LogP) is 6.40. The lowest BCUT2D eigenvalue weighted by Crippen LogP contribution is -2.26. The van der Waals surface area contributed by atoms with E-state index >= 15 is 0 Å². The molecule has 33 heavy (non-hydrogen) atoms. The summed E-state index contributed by atoms with van der Waals surface area (Å²) in [4.78, 5) is 13.6. The standard InChI is InChI=1S/C26H24NO5P/c1-2-30-25(28)18-20-27-19-17-21-11-9-10-16-24(21)26(27)33(29,31-22-12-5-3-6-13-22)32-23-14-7-4-8-15-23/h3-20,26H,2H2,1H3/b20-18+. The van der Waals surface area contributed by atoms with Crippen molar-refractivity contribution in [2.45, 2.75) is 12.7 Å². The Balaban J connectivity index is 1.80. The van der Waals surface area contributed by atoms with Crippen LogP contribution in [0.25, 0.3) is 6.08 Å². The molecule has 6 nitrogen and oxygen atoms in total. The monoisotopic (exact) mass is 461 g/mol. The number of fused-ring (bicyclic) bond motifs is 1. The second-order valence-corrected chi connectivity index (χ2v) is 9.12. The highest BCUT2D eigenvalue weighted by Gasteiger charge is 2.45. The van der Waals surface area contributed by atoms with Crippen LogP contribution in [0.4, 0.5) is 0 Å².